The monoisotopic (exact) mass is 307 g/mol. The third kappa shape index (κ3) is 2.97. The number of hydrogen-bond acceptors (Lipinski definition) is 3. The second-order valence-corrected chi connectivity index (χ2v) is 5.20. The van der Waals surface area contributed by atoms with Gasteiger partial charge in [0.2, 0.25) is 0 Å². The van der Waals surface area contributed by atoms with E-state index in [0.717, 1.165) is 21.9 Å². The van der Waals surface area contributed by atoms with E-state index in [-0.39, 0.29) is 11.8 Å². The van der Waals surface area contributed by atoms with Crippen LogP contribution in [0.1, 0.15) is 17.2 Å². The van der Waals surface area contributed by atoms with Crippen LogP contribution in [0.4, 0.5) is 4.79 Å². The summed E-state index contributed by atoms with van der Waals surface area (Å²) in [7, 11) is 1.34. The van der Waals surface area contributed by atoms with E-state index >= 15 is 0 Å². The highest BCUT2D eigenvalue weighted by Gasteiger charge is 2.20. The normalized spacial score (nSPS) is 11.9. The minimum absolute atomic E-state index is 0.217. The molecule has 3 aromatic carbocycles. The van der Waals surface area contributed by atoms with Gasteiger partial charge in [-0.1, -0.05) is 60.7 Å². The highest BCUT2D eigenvalue weighted by atomic mass is 16.5. The SMILES string of the molecule is COC(=O)NC(c1ccccc1)c1ccc(O)c2ccccc12. The number of carbonyl (C=O) groups excluding carboxylic acids is 1. The zero-order valence-corrected chi connectivity index (χ0v) is 12.7. The zero-order valence-electron chi connectivity index (χ0n) is 12.7. The molecule has 1 unspecified atom stereocenters. The number of rotatable bonds is 3. The number of benzene rings is 3. The van der Waals surface area contributed by atoms with Gasteiger partial charge in [0.25, 0.3) is 0 Å². The molecule has 0 saturated heterocycles. The fourth-order valence-electron chi connectivity index (χ4n) is 2.72. The molecule has 3 aromatic rings. The van der Waals surface area contributed by atoms with Gasteiger partial charge < -0.3 is 15.2 Å². The van der Waals surface area contributed by atoms with Crippen molar-refractivity contribution in [2.75, 3.05) is 7.11 Å². The Morgan fingerprint density at radius 1 is 0.957 bits per heavy atom. The lowest BCUT2D eigenvalue weighted by Crippen LogP contribution is -2.29. The van der Waals surface area contributed by atoms with Crippen molar-refractivity contribution >= 4 is 16.9 Å². The van der Waals surface area contributed by atoms with Gasteiger partial charge in [0.05, 0.1) is 13.2 Å². The molecule has 2 N–H and O–H groups in total. The summed E-state index contributed by atoms with van der Waals surface area (Å²) in [5.74, 6) is 0.217. The van der Waals surface area contributed by atoms with Crippen molar-refractivity contribution in [2.45, 2.75) is 6.04 Å². The second-order valence-electron chi connectivity index (χ2n) is 5.20. The minimum Gasteiger partial charge on any atom is -0.507 e. The molecular formula is C19H17NO3. The Morgan fingerprint density at radius 2 is 1.61 bits per heavy atom. The van der Waals surface area contributed by atoms with E-state index in [1.165, 1.54) is 7.11 Å². The third-order valence-electron chi connectivity index (χ3n) is 3.83. The van der Waals surface area contributed by atoms with Gasteiger partial charge in [0.1, 0.15) is 5.75 Å². The van der Waals surface area contributed by atoms with E-state index in [1.54, 1.807) is 6.07 Å². The number of alkyl carbamates (subject to hydrolysis) is 1. The van der Waals surface area contributed by atoms with Gasteiger partial charge in [-0.15, -0.1) is 0 Å². The Bertz CT molecular complexity index is 830. The van der Waals surface area contributed by atoms with Gasteiger partial charge in [0.15, 0.2) is 0 Å². The van der Waals surface area contributed by atoms with Crippen LogP contribution >= 0.6 is 0 Å². The molecule has 0 heterocycles. The molecule has 0 aliphatic heterocycles. The van der Waals surface area contributed by atoms with Crippen LogP contribution in [0, 0.1) is 0 Å². The Labute approximate surface area is 134 Å². The molecule has 0 saturated carbocycles. The quantitative estimate of drug-likeness (QED) is 0.769. The Hall–Kier alpha value is -3.01. The standard InChI is InChI=1S/C19H17NO3/c1-23-19(22)20-18(13-7-3-2-4-8-13)16-11-12-17(21)15-10-6-5-9-14(15)16/h2-12,18,21H,1H3,(H,20,22). The zero-order chi connectivity index (χ0) is 16.2. The summed E-state index contributed by atoms with van der Waals surface area (Å²) in [5, 5.41) is 14.6. The van der Waals surface area contributed by atoms with Crippen molar-refractivity contribution < 1.29 is 14.6 Å². The summed E-state index contributed by atoms with van der Waals surface area (Å²) in [6.07, 6.45) is -0.504. The van der Waals surface area contributed by atoms with Crippen molar-refractivity contribution in [1.29, 1.82) is 0 Å². The highest BCUT2D eigenvalue weighted by molar-refractivity contribution is 5.91. The van der Waals surface area contributed by atoms with Crippen molar-refractivity contribution in [3.8, 4) is 5.75 Å². The van der Waals surface area contributed by atoms with Crippen LogP contribution in [0.3, 0.4) is 0 Å². The van der Waals surface area contributed by atoms with Gasteiger partial charge in [0, 0.05) is 5.39 Å². The molecule has 3 rings (SSSR count). The molecule has 0 aliphatic carbocycles. The van der Waals surface area contributed by atoms with Crippen LogP contribution in [0.2, 0.25) is 0 Å². The Morgan fingerprint density at radius 3 is 2.30 bits per heavy atom. The molecule has 0 aliphatic rings. The maximum atomic E-state index is 11.8. The molecule has 116 valence electrons. The Kier molecular flexibility index (Phi) is 4.15. The molecule has 1 atom stereocenters. The lowest BCUT2D eigenvalue weighted by molar-refractivity contribution is 0.168. The van der Waals surface area contributed by atoms with Crippen molar-refractivity contribution in [3.63, 3.8) is 0 Å². The first kappa shape index (κ1) is 14.9. The number of hydrogen-bond donors (Lipinski definition) is 2. The summed E-state index contributed by atoms with van der Waals surface area (Å²) in [6, 6.07) is 20.3. The summed E-state index contributed by atoms with van der Waals surface area (Å²) < 4.78 is 4.76. The highest BCUT2D eigenvalue weighted by Crippen LogP contribution is 2.33. The number of aromatic hydroxyl groups is 1. The first-order valence-corrected chi connectivity index (χ1v) is 7.30. The molecule has 4 nitrogen and oxygen atoms in total. The summed E-state index contributed by atoms with van der Waals surface area (Å²) >= 11 is 0. The van der Waals surface area contributed by atoms with Crippen LogP contribution in [0.25, 0.3) is 10.8 Å². The molecular weight excluding hydrogens is 290 g/mol. The predicted molar refractivity (Wildman–Crippen MR) is 89.4 cm³/mol. The molecule has 1 amide bonds. The van der Waals surface area contributed by atoms with Gasteiger partial charge in [-0.2, -0.15) is 0 Å². The van der Waals surface area contributed by atoms with E-state index in [0.29, 0.717) is 0 Å². The predicted octanol–water partition coefficient (Wildman–Crippen LogP) is 3.99. The molecule has 0 radical (unpaired) electrons. The molecule has 0 aromatic heterocycles. The van der Waals surface area contributed by atoms with Crippen LogP contribution in [0.15, 0.2) is 66.7 Å². The first-order valence-electron chi connectivity index (χ1n) is 7.30. The molecule has 23 heavy (non-hydrogen) atoms. The molecule has 0 spiro atoms. The smallest absolute Gasteiger partial charge is 0.407 e. The fourth-order valence-corrected chi connectivity index (χ4v) is 2.72. The average Bonchev–Trinajstić information content (AvgIpc) is 2.61. The summed E-state index contributed by atoms with van der Waals surface area (Å²) in [6.45, 7) is 0. The van der Waals surface area contributed by atoms with Crippen LogP contribution < -0.4 is 5.32 Å². The van der Waals surface area contributed by atoms with E-state index < -0.39 is 6.09 Å². The van der Waals surface area contributed by atoms with Crippen molar-refractivity contribution in [2.24, 2.45) is 0 Å². The number of ether oxygens (including phenoxy) is 1. The van der Waals surface area contributed by atoms with Gasteiger partial charge in [-0.3, -0.25) is 0 Å². The van der Waals surface area contributed by atoms with E-state index in [4.69, 9.17) is 4.74 Å². The van der Waals surface area contributed by atoms with Crippen LogP contribution in [-0.4, -0.2) is 18.3 Å². The molecule has 0 bridgehead atoms. The number of phenols is 1. The molecule has 0 fully saturated rings. The number of amides is 1. The first-order chi connectivity index (χ1) is 11.2. The summed E-state index contributed by atoms with van der Waals surface area (Å²) in [5.41, 5.74) is 1.84. The topological polar surface area (TPSA) is 58.6 Å². The van der Waals surface area contributed by atoms with Gasteiger partial charge in [-0.25, -0.2) is 4.79 Å². The second kappa shape index (κ2) is 6.40. The largest absolute Gasteiger partial charge is 0.507 e. The fraction of sp³-hybridized carbons (Fsp3) is 0.105. The number of methoxy groups -OCH3 is 1. The van der Waals surface area contributed by atoms with E-state index in [9.17, 15) is 9.90 Å². The third-order valence-corrected chi connectivity index (χ3v) is 3.83. The lowest BCUT2D eigenvalue weighted by Gasteiger charge is -2.21. The minimum atomic E-state index is -0.504. The van der Waals surface area contributed by atoms with E-state index in [1.807, 2.05) is 60.7 Å². The number of fused-ring (bicyclic) bond motifs is 1. The van der Waals surface area contributed by atoms with Gasteiger partial charge >= 0.3 is 6.09 Å². The van der Waals surface area contributed by atoms with Crippen molar-refractivity contribution in [3.05, 3.63) is 77.9 Å². The van der Waals surface area contributed by atoms with Crippen molar-refractivity contribution in [1.82, 2.24) is 5.32 Å². The average molecular weight is 307 g/mol. The maximum Gasteiger partial charge on any atom is 0.407 e. The lowest BCUT2D eigenvalue weighted by atomic mass is 9.93. The number of carbonyl (C=O) groups is 1. The Balaban J connectivity index is 2.17. The number of nitrogens with one attached hydrogen (secondary N) is 1. The number of phenolic OH excluding ortho intramolecular Hbond substituents is 1. The molecule has 4 heteroatoms. The van der Waals surface area contributed by atoms with Crippen LogP contribution in [0.5, 0.6) is 5.75 Å². The maximum absolute atomic E-state index is 11.8. The van der Waals surface area contributed by atoms with E-state index in [2.05, 4.69) is 5.32 Å². The summed E-state index contributed by atoms with van der Waals surface area (Å²) in [4.78, 5) is 11.8. The van der Waals surface area contributed by atoms with Crippen LogP contribution in [-0.2, 0) is 4.74 Å². The van der Waals surface area contributed by atoms with Gasteiger partial charge in [-0.05, 0) is 22.6 Å².